The molecule has 3 N–H and O–H groups in total. The van der Waals surface area contributed by atoms with Gasteiger partial charge in [-0.3, -0.25) is 4.79 Å². The molecule has 0 radical (unpaired) electrons. The number of benzene rings is 2. The van der Waals surface area contributed by atoms with Crippen LogP contribution in [0.2, 0.25) is 0 Å². The van der Waals surface area contributed by atoms with Crippen molar-refractivity contribution in [3.05, 3.63) is 65.9 Å². The summed E-state index contributed by atoms with van der Waals surface area (Å²) in [5.41, 5.74) is 9.93. The first-order chi connectivity index (χ1) is 15.6. The Morgan fingerprint density at radius 3 is 2.59 bits per heavy atom. The molecule has 6 nitrogen and oxygen atoms in total. The SMILES string of the molecule is CCCOC(=O)N1CCC(C=Cc2c[nH]c3c(C(N)=O)cc(-c4ccccc4)cc23)CC1. The predicted molar refractivity (Wildman–Crippen MR) is 127 cm³/mol. The van der Waals surface area contributed by atoms with E-state index in [0.29, 0.717) is 31.2 Å². The molecule has 3 aromatic rings. The maximum atomic E-state index is 12.1. The highest BCUT2D eigenvalue weighted by atomic mass is 16.6. The molecule has 6 heteroatoms. The number of hydrogen-bond donors (Lipinski definition) is 2. The zero-order valence-corrected chi connectivity index (χ0v) is 18.3. The molecule has 4 rings (SSSR count). The number of piperidine rings is 1. The van der Waals surface area contributed by atoms with Crippen molar-refractivity contribution in [1.29, 1.82) is 0 Å². The van der Waals surface area contributed by atoms with Crippen molar-refractivity contribution >= 4 is 29.0 Å². The second kappa shape index (κ2) is 9.73. The molecule has 166 valence electrons. The van der Waals surface area contributed by atoms with Crippen molar-refractivity contribution in [2.24, 2.45) is 11.7 Å². The molecule has 0 saturated carbocycles. The van der Waals surface area contributed by atoms with Gasteiger partial charge < -0.3 is 20.4 Å². The molecule has 2 aromatic carbocycles. The number of carbonyl (C=O) groups is 2. The highest BCUT2D eigenvalue weighted by Gasteiger charge is 2.22. The molecule has 32 heavy (non-hydrogen) atoms. The van der Waals surface area contributed by atoms with Crippen LogP contribution in [0, 0.1) is 5.92 Å². The molecule has 1 aliphatic rings. The molecule has 0 unspecified atom stereocenters. The molecule has 2 heterocycles. The molecule has 1 aliphatic heterocycles. The van der Waals surface area contributed by atoms with Gasteiger partial charge in [-0.05, 0) is 54.0 Å². The first-order valence-corrected chi connectivity index (χ1v) is 11.2. The van der Waals surface area contributed by atoms with Gasteiger partial charge in [0.2, 0.25) is 0 Å². The van der Waals surface area contributed by atoms with Crippen molar-refractivity contribution in [2.45, 2.75) is 26.2 Å². The number of hydrogen-bond acceptors (Lipinski definition) is 3. The van der Waals surface area contributed by atoms with Gasteiger partial charge in [0.25, 0.3) is 5.91 Å². The summed E-state index contributed by atoms with van der Waals surface area (Å²) in [4.78, 5) is 29.2. The average Bonchev–Trinajstić information content (AvgIpc) is 3.24. The number of carbonyl (C=O) groups excluding carboxylic acids is 2. The van der Waals surface area contributed by atoms with E-state index in [2.05, 4.69) is 23.2 Å². The topological polar surface area (TPSA) is 88.4 Å². The summed E-state index contributed by atoms with van der Waals surface area (Å²) in [6.45, 7) is 3.87. The maximum absolute atomic E-state index is 12.1. The second-order valence-electron chi connectivity index (χ2n) is 8.22. The maximum Gasteiger partial charge on any atom is 0.409 e. The molecule has 1 saturated heterocycles. The molecule has 0 atom stereocenters. The largest absolute Gasteiger partial charge is 0.449 e. The minimum atomic E-state index is -0.451. The number of allylic oxidation sites excluding steroid dienone is 1. The third kappa shape index (κ3) is 4.69. The number of rotatable bonds is 6. The van der Waals surface area contributed by atoms with E-state index in [1.165, 1.54) is 0 Å². The van der Waals surface area contributed by atoms with Crippen LogP contribution < -0.4 is 5.73 Å². The van der Waals surface area contributed by atoms with Gasteiger partial charge >= 0.3 is 6.09 Å². The minimum absolute atomic E-state index is 0.210. The van der Waals surface area contributed by atoms with Crippen LogP contribution in [-0.4, -0.2) is 41.6 Å². The number of amides is 2. The third-order valence-corrected chi connectivity index (χ3v) is 5.97. The van der Waals surface area contributed by atoms with E-state index in [9.17, 15) is 9.59 Å². The number of nitrogens with zero attached hydrogens (tertiary/aromatic N) is 1. The molecule has 0 spiro atoms. The van der Waals surface area contributed by atoms with Gasteiger partial charge in [0.1, 0.15) is 0 Å². The fourth-order valence-corrected chi connectivity index (χ4v) is 4.18. The molecular formula is C26H29N3O3. The van der Waals surface area contributed by atoms with Crippen LogP contribution in [0.4, 0.5) is 4.79 Å². The molecule has 0 aliphatic carbocycles. The number of likely N-dealkylation sites (tertiary alicyclic amines) is 1. The Bertz CT molecular complexity index is 1130. The van der Waals surface area contributed by atoms with Gasteiger partial charge in [-0.1, -0.05) is 49.4 Å². The predicted octanol–water partition coefficient (Wildman–Crippen LogP) is 5.21. The zero-order chi connectivity index (χ0) is 22.5. The Hall–Kier alpha value is -3.54. The first kappa shape index (κ1) is 21.7. The van der Waals surface area contributed by atoms with Crippen LogP contribution >= 0.6 is 0 Å². The van der Waals surface area contributed by atoms with Gasteiger partial charge in [-0.25, -0.2) is 4.79 Å². The lowest BCUT2D eigenvalue weighted by Crippen LogP contribution is -2.38. The van der Waals surface area contributed by atoms with Crippen molar-refractivity contribution < 1.29 is 14.3 Å². The van der Waals surface area contributed by atoms with Crippen LogP contribution in [0.25, 0.3) is 28.1 Å². The zero-order valence-electron chi connectivity index (χ0n) is 18.3. The van der Waals surface area contributed by atoms with E-state index in [0.717, 1.165) is 46.9 Å². The second-order valence-corrected chi connectivity index (χ2v) is 8.22. The Balaban J connectivity index is 1.54. The van der Waals surface area contributed by atoms with Crippen molar-refractivity contribution in [3.8, 4) is 11.1 Å². The van der Waals surface area contributed by atoms with Crippen LogP contribution in [0.5, 0.6) is 0 Å². The standard InChI is InChI=1S/C26H29N3O3/c1-2-14-32-26(31)29-12-10-18(11-13-29)8-9-20-17-28-24-22(20)15-21(16-23(24)25(27)30)19-6-4-3-5-7-19/h3-9,15-18,28H,2,10-14H2,1H3,(H2,27,30). The van der Waals surface area contributed by atoms with Gasteiger partial charge in [0, 0.05) is 24.7 Å². The summed E-state index contributed by atoms with van der Waals surface area (Å²) in [6.07, 6.45) is 8.66. The summed E-state index contributed by atoms with van der Waals surface area (Å²) >= 11 is 0. The Morgan fingerprint density at radius 2 is 1.91 bits per heavy atom. The number of fused-ring (bicyclic) bond motifs is 1. The van der Waals surface area contributed by atoms with E-state index >= 15 is 0 Å². The number of ether oxygens (including phenoxy) is 1. The summed E-state index contributed by atoms with van der Waals surface area (Å²) < 4.78 is 5.24. The smallest absolute Gasteiger partial charge is 0.409 e. The average molecular weight is 432 g/mol. The molecule has 1 fully saturated rings. The first-order valence-electron chi connectivity index (χ1n) is 11.2. The van der Waals surface area contributed by atoms with Crippen LogP contribution in [-0.2, 0) is 4.74 Å². The van der Waals surface area contributed by atoms with E-state index in [1.807, 2.05) is 49.5 Å². The molecule has 1 aromatic heterocycles. The third-order valence-electron chi connectivity index (χ3n) is 5.97. The normalized spacial score (nSPS) is 14.8. The van der Waals surface area contributed by atoms with Crippen molar-refractivity contribution in [2.75, 3.05) is 19.7 Å². The Morgan fingerprint density at radius 1 is 1.16 bits per heavy atom. The van der Waals surface area contributed by atoms with E-state index in [-0.39, 0.29) is 6.09 Å². The quantitative estimate of drug-likeness (QED) is 0.562. The van der Waals surface area contributed by atoms with Gasteiger partial charge in [-0.15, -0.1) is 0 Å². The highest BCUT2D eigenvalue weighted by Crippen LogP contribution is 2.31. The van der Waals surface area contributed by atoms with Crippen LogP contribution in [0.3, 0.4) is 0 Å². The summed E-state index contributed by atoms with van der Waals surface area (Å²) in [5.74, 6) is -0.0596. The fraction of sp³-hybridized carbons (Fsp3) is 0.308. The fourth-order valence-electron chi connectivity index (χ4n) is 4.18. The van der Waals surface area contributed by atoms with E-state index in [4.69, 9.17) is 10.5 Å². The Labute approximate surface area is 188 Å². The molecular weight excluding hydrogens is 402 g/mol. The molecule has 0 bridgehead atoms. The van der Waals surface area contributed by atoms with Gasteiger partial charge in [0.15, 0.2) is 0 Å². The lowest BCUT2D eigenvalue weighted by Gasteiger charge is -2.29. The number of H-pyrrole nitrogens is 1. The van der Waals surface area contributed by atoms with Crippen molar-refractivity contribution in [3.63, 3.8) is 0 Å². The minimum Gasteiger partial charge on any atom is -0.449 e. The lowest BCUT2D eigenvalue weighted by molar-refractivity contribution is 0.0911. The van der Waals surface area contributed by atoms with Crippen LogP contribution in [0.15, 0.2) is 54.7 Å². The Kier molecular flexibility index (Phi) is 6.59. The van der Waals surface area contributed by atoms with Gasteiger partial charge in [0.05, 0.1) is 17.7 Å². The summed E-state index contributed by atoms with van der Waals surface area (Å²) in [7, 11) is 0. The number of nitrogens with two attached hydrogens (primary N) is 1. The van der Waals surface area contributed by atoms with Crippen LogP contribution in [0.1, 0.15) is 42.1 Å². The van der Waals surface area contributed by atoms with E-state index in [1.54, 1.807) is 4.90 Å². The summed E-state index contributed by atoms with van der Waals surface area (Å²) in [6, 6.07) is 13.9. The number of aromatic nitrogens is 1. The van der Waals surface area contributed by atoms with Gasteiger partial charge in [-0.2, -0.15) is 0 Å². The molecule has 2 amide bonds. The van der Waals surface area contributed by atoms with E-state index < -0.39 is 5.91 Å². The van der Waals surface area contributed by atoms with Crippen molar-refractivity contribution in [1.82, 2.24) is 9.88 Å². The monoisotopic (exact) mass is 431 g/mol. The lowest BCUT2D eigenvalue weighted by atomic mass is 9.95. The number of nitrogens with one attached hydrogen (secondary N) is 1. The highest BCUT2D eigenvalue weighted by molar-refractivity contribution is 6.08. The number of primary amides is 1. The summed E-state index contributed by atoms with van der Waals surface area (Å²) in [5, 5.41) is 0.969. The number of aromatic amines is 1.